The van der Waals surface area contributed by atoms with Crippen LogP contribution in [-0.2, 0) is 4.74 Å². The molecule has 0 saturated carbocycles. The number of phenolic OH excluding ortho intramolecular Hbond substituents is 1. The summed E-state index contributed by atoms with van der Waals surface area (Å²) in [7, 11) is 1.40. The molecule has 0 atom stereocenters. The number of anilines is 1. The number of phenols is 1. The molecule has 1 rings (SSSR count). The minimum Gasteiger partial charge on any atom is -0.504 e. The molecule has 0 aliphatic rings. The lowest BCUT2D eigenvalue weighted by Crippen LogP contribution is -2.24. The van der Waals surface area contributed by atoms with E-state index in [0.29, 0.717) is 0 Å². The molecule has 5 nitrogen and oxygen atoms in total. The van der Waals surface area contributed by atoms with Crippen molar-refractivity contribution < 1.29 is 19.4 Å². The highest BCUT2D eigenvalue weighted by Gasteiger charge is 2.21. The van der Waals surface area contributed by atoms with Crippen molar-refractivity contribution in [3.63, 3.8) is 0 Å². The van der Waals surface area contributed by atoms with E-state index < -0.39 is 11.6 Å². The standard InChI is InChI=1S/C12H17NO4/c1-12(2,3)17-11(15)7-5-9(14)10(16-4)6-8(7)13/h5-6,14H,13H2,1-4H3. The molecule has 5 heteroatoms. The number of hydrogen-bond donors (Lipinski definition) is 2. The molecule has 0 unspecified atom stereocenters. The molecule has 0 aliphatic carbocycles. The maximum Gasteiger partial charge on any atom is 0.340 e. The first-order valence-electron chi connectivity index (χ1n) is 5.14. The van der Waals surface area contributed by atoms with Crippen LogP contribution in [0, 0.1) is 0 Å². The lowest BCUT2D eigenvalue weighted by atomic mass is 10.1. The minimum atomic E-state index is -0.612. The van der Waals surface area contributed by atoms with Gasteiger partial charge in [-0.15, -0.1) is 0 Å². The topological polar surface area (TPSA) is 81.8 Å². The van der Waals surface area contributed by atoms with Crippen LogP contribution in [0.5, 0.6) is 11.5 Å². The van der Waals surface area contributed by atoms with Crippen molar-refractivity contribution in [1.82, 2.24) is 0 Å². The summed E-state index contributed by atoms with van der Waals surface area (Å²) in [5.74, 6) is -0.509. The highest BCUT2D eigenvalue weighted by molar-refractivity contribution is 5.96. The molecule has 0 radical (unpaired) electrons. The number of ether oxygens (including phenoxy) is 2. The Bertz CT molecular complexity index is 435. The van der Waals surface area contributed by atoms with Crippen LogP contribution >= 0.6 is 0 Å². The Hall–Kier alpha value is -1.91. The molecular weight excluding hydrogens is 222 g/mol. The fraction of sp³-hybridized carbons (Fsp3) is 0.417. The quantitative estimate of drug-likeness (QED) is 0.468. The SMILES string of the molecule is COc1cc(N)c(C(=O)OC(C)(C)C)cc1O. The van der Waals surface area contributed by atoms with Crippen molar-refractivity contribution in [3.05, 3.63) is 17.7 Å². The van der Waals surface area contributed by atoms with E-state index >= 15 is 0 Å². The van der Waals surface area contributed by atoms with Crippen LogP contribution in [0.15, 0.2) is 12.1 Å². The highest BCUT2D eigenvalue weighted by Crippen LogP contribution is 2.31. The number of rotatable bonds is 2. The molecule has 0 amide bonds. The van der Waals surface area contributed by atoms with Crippen LogP contribution in [0.2, 0.25) is 0 Å². The zero-order valence-corrected chi connectivity index (χ0v) is 10.4. The smallest absolute Gasteiger partial charge is 0.340 e. The van der Waals surface area contributed by atoms with Gasteiger partial charge in [-0.05, 0) is 20.8 Å². The Morgan fingerprint density at radius 3 is 2.41 bits per heavy atom. The van der Waals surface area contributed by atoms with E-state index in [9.17, 15) is 9.90 Å². The van der Waals surface area contributed by atoms with E-state index in [1.165, 1.54) is 19.2 Å². The number of hydrogen-bond acceptors (Lipinski definition) is 5. The van der Waals surface area contributed by atoms with E-state index in [-0.39, 0.29) is 22.7 Å². The van der Waals surface area contributed by atoms with E-state index in [1.54, 1.807) is 20.8 Å². The molecule has 0 saturated heterocycles. The first kappa shape index (κ1) is 13.2. The zero-order valence-electron chi connectivity index (χ0n) is 10.4. The van der Waals surface area contributed by atoms with E-state index in [1.807, 2.05) is 0 Å². The first-order chi connectivity index (χ1) is 7.74. The van der Waals surface area contributed by atoms with Gasteiger partial charge in [-0.1, -0.05) is 0 Å². The molecule has 1 aromatic carbocycles. The number of carbonyl (C=O) groups is 1. The summed E-state index contributed by atoms with van der Waals surface area (Å²) in [5.41, 5.74) is 5.41. The lowest BCUT2D eigenvalue weighted by molar-refractivity contribution is 0.00704. The van der Waals surface area contributed by atoms with Crippen molar-refractivity contribution in [2.24, 2.45) is 0 Å². The summed E-state index contributed by atoms with van der Waals surface area (Å²) in [4.78, 5) is 11.8. The van der Waals surface area contributed by atoms with Gasteiger partial charge in [0.1, 0.15) is 5.60 Å². The summed E-state index contributed by atoms with van der Waals surface area (Å²) in [5, 5.41) is 9.57. The average Bonchev–Trinajstić information content (AvgIpc) is 2.18. The third-order valence-electron chi connectivity index (χ3n) is 1.97. The number of nitrogen functional groups attached to an aromatic ring is 1. The van der Waals surface area contributed by atoms with Gasteiger partial charge in [-0.3, -0.25) is 0 Å². The van der Waals surface area contributed by atoms with Crippen molar-refractivity contribution in [2.75, 3.05) is 12.8 Å². The first-order valence-corrected chi connectivity index (χ1v) is 5.14. The van der Waals surface area contributed by atoms with Crippen LogP contribution in [0.3, 0.4) is 0 Å². The van der Waals surface area contributed by atoms with Crippen LogP contribution in [0.1, 0.15) is 31.1 Å². The van der Waals surface area contributed by atoms with Crippen LogP contribution in [-0.4, -0.2) is 23.8 Å². The van der Waals surface area contributed by atoms with Crippen molar-refractivity contribution in [3.8, 4) is 11.5 Å². The van der Waals surface area contributed by atoms with Crippen molar-refractivity contribution >= 4 is 11.7 Å². The molecule has 0 aliphatic heterocycles. The molecule has 0 fully saturated rings. The van der Waals surface area contributed by atoms with Gasteiger partial charge in [-0.25, -0.2) is 4.79 Å². The molecule has 3 N–H and O–H groups in total. The average molecular weight is 239 g/mol. The van der Waals surface area contributed by atoms with Crippen molar-refractivity contribution in [1.29, 1.82) is 0 Å². The molecule has 0 bridgehead atoms. The van der Waals surface area contributed by atoms with Gasteiger partial charge < -0.3 is 20.3 Å². The lowest BCUT2D eigenvalue weighted by Gasteiger charge is -2.20. The number of methoxy groups -OCH3 is 1. The number of carbonyl (C=O) groups excluding carboxylic acids is 1. The van der Waals surface area contributed by atoms with Gasteiger partial charge in [0, 0.05) is 12.1 Å². The largest absolute Gasteiger partial charge is 0.504 e. The Balaban J connectivity index is 3.07. The van der Waals surface area contributed by atoms with E-state index in [0.717, 1.165) is 0 Å². The third kappa shape index (κ3) is 3.27. The molecule has 0 aromatic heterocycles. The zero-order chi connectivity index (χ0) is 13.2. The van der Waals surface area contributed by atoms with Gasteiger partial charge >= 0.3 is 5.97 Å². The van der Waals surface area contributed by atoms with Crippen LogP contribution < -0.4 is 10.5 Å². The Labute approximate surface area is 100 Å². The van der Waals surface area contributed by atoms with Gasteiger partial charge in [-0.2, -0.15) is 0 Å². The number of benzene rings is 1. The summed E-state index contributed by atoms with van der Waals surface area (Å²) in [6, 6.07) is 2.62. The van der Waals surface area contributed by atoms with Gasteiger partial charge in [0.2, 0.25) is 0 Å². The monoisotopic (exact) mass is 239 g/mol. The summed E-state index contributed by atoms with van der Waals surface area (Å²) < 4.78 is 10.0. The van der Waals surface area contributed by atoms with E-state index in [2.05, 4.69) is 0 Å². The van der Waals surface area contributed by atoms with Crippen LogP contribution in [0.25, 0.3) is 0 Å². The Kier molecular flexibility index (Phi) is 3.50. The predicted molar refractivity (Wildman–Crippen MR) is 64.2 cm³/mol. The fourth-order valence-corrected chi connectivity index (χ4v) is 1.26. The van der Waals surface area contributed by atoms with Gasteiger partial charge in [0.05, 0.1) is 18.4 Å². The van der Waals surface area contributed by atoms with Gasteiger partial charge in [0.25, 0.3) is 0 Å². The molecule has 1 aromatic rings. The maximum absolute atomic E-state index is 11.8. The normalized spacial score (nSPS) is 11.1. The summed E-state index contributed by atoms with van der Waals surface area (Å²) in [6.07, 6.45) is 0. The predicted octanol–water partition coefficient (Wildman–Crippen LogP) is 1.94. The number of aromatic hydroxyl groups is 1. The van der Waals surface area contributed by atoms with Crippen molar-refractivity contribution in [2.45, 2.75) is 26.4 Å². The summed E-state index contributed by atoms with van der Waals surface area (Å²) >= 11 is 0. The minimum absolute atomic E-state index is 0.123. The Morgan fingerprint density at radius 2 is 1.94 bits per heavy atom. The van der Waals surface area contributed by atoms with Crippen LogP contribution in [0.4, 0.5) is 5.69 Å². The molecule has 0 spiro atoms. The number of esters is 1. The second kappa shape index (κ2) is 4.53. The molecule has 17 heavy (non-hydrogen) atoms. The third-order valence-corrected chi connectivity index (χ3v) is 1.97. The number of nitrogens with two attached hydrogens (primary N) is 1. The highest BCUT2D eigenvalue weighted by atomic mass is 16.6. The second-order valence-corrected chi connectivity index (χ2v) is 4.61. The summed E-state index contributed by atoms with van der Waals surface area (Å²) in [6.45, 7) is 5.26. The molecular formula is C12H17NO4. The fourth-order valence-electron chi connectivity index (χ4n) is 1.26. The molecule has 94 valence electrons. The van der Waals surface area contributed by atoms with Gasteiger partial charge in [0.15, 0.2) is 11.5 Å². The maximum atomic E-state index is 11.8. The Morgan fingerprint density at radius 1 is 1.35 bits per heavy atom. The molecule has 0 heterocycles. The van der Waals surface area contributed by atoms with E-state index in [4.69, 9.17) is 15.2 Å². The second-order valence-electron chi connectivity index (χ2n) is 4.61.